The highest BCUT2D eigenvalue weighted by molar-refractivity contribution is 5.94. The lowest BCUT2D eigenvalue weighted by molar-refractivity contribution is -0.115. The van der Waals surface area contributed by atoms with E-state index in [1.54, 1.807) is 25.4 Å². The van der Waals surface area contributed by atoms with Crippen molar-refractivity contribution in [2.75, 3.05) is 5.32 Å². The van der Waals surface area contributed by atoms with Crippen molar-refractivity contribution in [3.63, 3.8) is 0 Å². The molecule has 0 radical (unpaired) electrons. The number of nitrogens with zero attached hydrogens (tertiary/aromatic N) is 4. The molecule has 31 heavy (non-hydrogen) atoms. The van der Waals surface area contributed by atoms with E-state index in [1.165, 1.54) is 0 Å². The van der Waals surface area contributed by atoms with Crippen LogP contribution in [0, 0.1) is 0 Å². The van der Waals surface area contributed by atoms with Crippen molar-refractivity contribution < 1.29 is 4.79 Å². The fourth-order valence-corrected chi connectivity index (χ4v) is 3.48. The van der Waals surface area contributed by atoms with Crippen molar-refractivity contribution in [3.8, 4) is 22.6 Å². The second-order valence-electron chi connectivity index (χ2n) is 7.13. The Bertz CT molecular complexity index is 1400. The van der Waals surface area contributed by atoms with Crippen LogP contribution in [-0.4, -0.2) is 36.0 Å². The Balaban J connectivity index is 1.54. The first-order valence-corrected chi connectivity index (χ1v) is 9.94. The number of aromatic amines is 2. The molecule has 0 spiro atoms. The average Bonchev–Trinajstić information content (AvgIpc) is 3.42. The molecule has 154 valence electrons. The minimum atomic E-state index is -0.0741. The number of hydrogen-bond acceptors (Lipinski definition) is 6. The van der Waals surface area contributed by atoms with Crippen molar-refractivity contribution in [3.05, 3.63) is 54.4 Å². The monoisotopic (exact) mass is 412 g/mol. The molecule has 0 saturated carbocycles. The van der Waals surface area contributed by atoms with Gasteiger partial charge in [0.15, 0.2) is 11.5 Å². The maximum Gasteiger partial charge on any atom is 0.225 e. The van der Waals surface area contributed by atoms with Gasteiger partial charge in [0.1, 0.15) is 11.5 Å². The zero-order chi connectivity index (χ0) is 21.4. The van der Waals surface area contributed by atoms with Crippen LogP contribution >= 0.6 is 0 Å². The number of aromatic nitrogens is 6. The molecular weight excluding hydrogens is 392 g/mol. The summed E-state index contributed by atoms with van der Waals surface area (Å²) in [6.45, 7) is 2.21. The number of nitrogens with two attached hydrogens (primary N) is 1. The summed E-state index contributed by atoms with van der Waals surface area (Å²) < 4.78 is 0. The number of anilines is 1. The molecule has 1 aromatic carbocycles. The first kappa shape index (κ1) is 18.9. The summed E-state index contributed by atoms with van der Waals surface area (Å²) in [7, 11) is 0. The van der Waals surface area contributed by atoms with Crippen molar-refractivity contribution in [2.24, 2.45) is 5.73 Å². The van der Waals surface area contributed by atoms with Gasteiger partial charge in [-0.15, -0.1) is 0 Å². The van der Waals surface area contributed by atoms with Gasteiger partial charge in [0.2, 0.25) is 5.91 Å². The number of para-hydroxylation sites is 1. The Morgan fingerprint density at radius 1 is 1.13 bits per heavy atom. The number of carbonyl (C=O) groups is 1. The fourth-order valence-electron chi connectivity index (χ4n) is 3.48. The zero-order valence-electron chi connectivity index (χ0n) is 16.8. The Labute approximate surface area is 177 Å². The van der Waals surface area contributed by atoms with Gasteiger partial charge in [-0.05, 0) is 29.8 Å². The van der Waals surface area contributed by atoms with Gasteiger partial charge in [0.05, 0.1) is 16.4 Å². The number of rotatable bonds is 5. The molecule has 4 heterocycles. The van der Waals surface area contributed by atoms with E-state index in [4.69, 9.17) is 10.7 Å². The molecule has 5 rings (SSSR count). The lowest BCUT2D eigenvalue weighted by Crippen LogP contribution is -2.10. The average molecular weight is 412 g/mol. The first-order chi connectivity index (χ1) is 15.2. The van der Waals surface area contributed by atoms with Gasteiger partial charge in [-0.1, -0.05) is 19.1 Å². The van der Waals surface area contributed by atoms with E-state index < -0.39 is 0 Å². The number of benzene rings is 1. The molecule has 0 saturated heterocycles. The predicted octanol–water partition coefficient (Wildman–Crippen LogP) is 3.37. The van der Waals surface area contributed by atoms with Gasteiger partial charge in [-0.2, -0.15) is 5.10 Å². The Morgan fingerprint density at radius 2 is 2.00 bits per heavy atom. The van der Waals surface area contributed by atoms with E-state index in [-0.39, 0.29) is 5.91 Å². The second-order valence-corrected chi connectivity index (χ2v) is 7.13. The topological polar surface area (TPSA) is 138 Å². The summed E-state index contributed by atoms with van der Waals surface area (Å²) in [6, 6.07) is 11.6. The summed E-state index contributed by atoms with van der Waals surface area (Å²) >= 11 is 0. The molecule has 1 amide bonds. The third-order valence-electron chi connectivity index (χ3n) is 5.15. The summed E-state index contributed by atoms with van der Waals surface area (Å²) in [5, 5.41) is 10.9. The Morgan fingerprint density at radius 3 is 2.77 bits per heavy atom. The molecule has 0 aliphatic heterocycles. The van der Waals surface area contributed by atoms with Crippen LogP contribution in [-0.2, 0) is 11.3 Å². The SMILES string of the molecule is CCC(=O)Nc1ccc(-c2cnc3n[nH]c(-c4nc5c(CN)cccc5[nH]4)c3c2)cn1. The predicted molar refractivity (Wildman–Crippen MR) is 119 cm³/mol. The van der Waals surface area contributed by atoms with E-state index >= 15 is 0 Å². The highest BCUT2D eigenvalue weighted by Gasteiger charge is 2.15. The van der Waals surface area contributed by atoms with Crippen molar-refractivity contribution >= 4 is 33.8 Å². The quantitative estimate of drug-likeness (QED) is 0.349. The van der Waals surface area contributed by atoms with E-state index in [0.717, 1.165) is 38.8 Å². The minimum Gasteiger partial charge on any atom is -0.337 e. The minimum absolute atomic E-state index is 0.0741. The second kappa shape index (κ2) is 7.62. The Kier molecular flexibility index (Phi) is 4.64. The van der Waals surface area contributed by atoms with Crippen LogP contribution < -0.4 is 11.1 Å². The fraction of sp³-hybridized carbons (Fsp3) is 0.136. The number of nitrogens with one attached hydrogen (secondary N) is 3. The molecule has 4 aromatic heterocycles. The zero-order valence-corrected chi connectivity index (χ0v) is 16.8. The molecule has 0 unspecified atom stereocenters. The normalized spacial score (nSPS) is 11.3. The third kappa shape index (κ3) is 3.40. The van der Waals surface area contributed by atoms with E-state index in [9.17, 15) is 4.79 Å². The number of fused-ring (bicyclic) bond motifs is 2. The van der Waals surface area contributed by atoms with Crippen LogP contribution in [0.25, 0.3) is 44.7 Å². The molecule has 0 aliphatic carbocycles. The van der Waals surface area contributed by atoms with Crippen molar-refractivity contribution in [2.45, 2.75) is 19.9 Å². The molecule has 5 N–H and O–H groups in total. The van der Waals surface area contributed by atoms with Crippen LogP contribution in [0.2, 0.25) is 0 Å². The van der Waals surface area contributed by atoms with Gasteiger partial charge in [0.25, 0.3) is 0 Å². The van der Waals surface area contributed by atoms with Crippen LogP contribution in [0.1, 0.15) is 18.9 Å². The lowest BCUT2D eigenvalue weighted by Gasteiger charge is -2.05. The molecule has 0 atom stereocenters. The molecule has 0 fully saturated rings. The largest absolute Gasteiger partial charge is 0.337 e. The number of pyridine rings is 2. The summed E-state index contributed by atoms with van der Waals surface area (Å²) in [5.41, 5.74) is 11.7. The maximum absolute atomic E-state index is 11.5. The maximum atomic E-state index is 11.5. The molecule has 9 heteroatoms. The van der Waals surface area contributed by atoms with Crippen LogP contribution in [0.15, 0.2) is 48.8 Å². The van der Waals surface area contributed by atoms with E-state index in [1.807, 2.05) is 30.3 Å². The van der Waals surface area contributed by atoms with Crippen LogP contribution in [0.5, 0.6) is 0 Å². The molecule has 0 bridgehead atoms. The highest BCUT2D eigenvalue weighted by Crippen LogP contribution is 2.29. The number of imidazole rings is 1. The summed E-state index contributed by atoms with van der Waals surface area (Å²) in [4.78, 5) is 28.4. The molecular formula is C22H20N8O. The number of H-pyrrole nitrogens is 2. The molecule has 0 aliphatic rings. The van der Waals surface area contributed by atoms with E-state index in [0.29, 0.717) is 30.3 Å². The smallest absolute Gasteiger partial charge is 0.225 e. The number of hydrogen-bond donors (Lipinski definition) is 4. The lowest BCUT2D eigenvalue weighted by atomic mass is 10.1. The van der Waals surface area contributed by atoms with Crippen molar-refractivity contribution in [1.29, 1.82) is 0 Å². The number of amides is 1. The van der Waals surface area contributed by atoms with Gasteiger partial charge < -0.3 is 16.0 Å². The summed E-state index contributed by atoms with van der Waals surface area (Å²) in [5.74, 6) is 1.12. The molecule has 9 nitrogen and oxygen atoms in total. The van der Waals surface area contributed by atoms with Crippen LogP contribution in [0.4, 0.5) is 5.82 Å². The number of carbonyl (C=O) groups excluding carboxylic acids is 1. The van der Waals surface area contributed by atoms with Gasteiger partial charge in [-0.25, -0.2) is 15.0 Å². The first-order valence-electron chi connectivity index (χ1n) is 9.94. The standard InChI is InChI=1S/C22H20N8O/c1-2-18(31)27-17-7-6-13(10-24-17)14-8-15-20(29-30-21(15)25-11-14)22-26-16-5-3-4-12(9-23)19(16)28-22/h3-8,10-11H,2,9,23H2,1H3,(H,26,28)(H,24,27,31)(H,25,29,30). The van der Waals surface area contributed by atoms with Gasteiger partial charge >= 0.3 is 0 Å². The third-order valence-corrected chi connectivity index (χ3v) is 5.15. The van der Waals surface area contributed by atoms with Gasteiger partial charge in [0, 0.05) is 36.5 Å². The highest BCUT2D eigenvalue weighted by atomic mass is 16.1. The summed E-state index contributed by atoms with van der Waals surface area (Å²) in [6.07, 6.45) is 3.86. The van der Waals surface area contributed by atoms with Crippen molar-refractivity contribution in [1.82, 2.24) is 30.1 Å². The Hall–Kier alpha value is -4.11. The van der Waals surface area contributed by atoms with Gasteiger partial charge in [-0.3, -0.25) is 9.89 Å². The molecule has 5 aromatic rings. The van der Waals surface area contributed by atoms with Crippen LogP contribution in [0.3, 0.4) is 0 Å². The van der Waals surface area contributed by atoms with E-state index in [2.05, 4.69) is 30.5 Å².